The summed E-state index contributed by atoms with van der Waals surface area (Å²) in [5.41, 5.74) is -1.58. The fourth-order valence-electron chi connectivity index (χ4n) is 1.90. The number of alkyl halides is 2. The number of esters is 2. The number of ether oxygens (including phenoxy) is 2. The topological polar surface area (TPSA) is 127 Å². The number of carbonyl (C=O) groups excluding carboxylic acids is 2. The summed E-state index contributed by atoms with van der Waals surface area (Å²) >= 11 is 0. The van der Waals surface area contributed by atoms with Crippen LogP contribution in [0.2, 0.25) is 0 Å². The van der Waals surface area contributed by atoms with Crippen LogP contribution in [-0.4, -0.2) is 53.7 Å². The van der Waals surface area contributed by atoms with Crippen LogP contribution in [0.3, 0.4) is 0 Å². The van der Waals surface area contributed by atoms with Crippen molar-refractivity contribution in [1.29, 1.82) is 0 Å². The monoisotopic (exact) mass is 384 g/mol. The molecule has 10 heteroatoms. The maximum atomic E-state index is 12.1. The van der Waals surface area contributed by atoms with Crippen LogP contribution >= 0.6 is 0 Å². The van der Waals surface area contributed by atoms with Crippen LogP contribution in [0.1, 0.15) is 47.0 Å². The standard InChI is InChI=1S/C9H14F2O4.C7H12O4/c1-3-14-8(12)6(5-7(10)11)9(13)15-4-2;1-3-7(4-2,5(8)9)6(10)11/h6-7H,3-5H2,1-2H3;3-4H2,1-2H3,(H,8,9)(H,10,11). The summed E-state index contributed by atoms with van der Waals surface area (Å²) in [7, 11) is 0. The van der Waals surface area contributed by atoms with Crippen LogP contribution in [0.4, 0.5) is 8.78 Å². The molecule has 0 aliphatic heterocycles. The number of hydrogen-bond donors (Lipinski definition) is 2. The highest BCUT2D eigenvalue weighted by Gasteiger charge is 2.42. The average Bonchev–Trinajstić information content (AvgIpc) is 2.54. The molecule has 0 bridgehead atoms. The highest BCUT2D eigenvalue weighted by molar-refractivity contribution is 5.98. The van der Waals surface area contributed by atoms with Crippen molar-refractivity contribution >= 4 is 23.9 Å². The van der Waals surface area contributed by atoms with Crippen LogP contribution in [-0.2, 0) is 28.7 Å². The Labute approximate surface area is 150 Å². The fraction of sp³-hybridized carbons (Fsp3) is 0.750. The molecular formula is C16H26F2O8. The lowest BCUT2D eigenvalue weighted by molar-refractivity contribution is -0.166. The van der Waals surface area contributed by atoms with Gasteiger partial charge in [0.25, 0.3) is 0 Å². The molecule has 0 amide bonds. The van der Waals surface area contributed by atoms with Crippen LogP contribution in [0.25, 0.3) is 0 Å². The lowest BCUT2D eigenvalue weighted by Crippen LogP contribution is -2.38. The van der Waals surface area contributed by atoms with Crippen molar-refractivity contribution < 1.29 is 47.6 Å². The molecule has 0 heterocycles. The highest BCUT2D eigenvalue weighted by Crippen LogP contribution is 2.26. The number of carbonyl (C=O) groups is 4. The summed E-state index contributed by atoms with van der Waals surface area (Å²) < 4.78 is 33.1. The fourth-order valence-corrected chi connectivity index (χ4v) is 1.90. The molecule has 0 rings (SSSR count). The molecule has 0 aliphatic rings. The smallest absolute Gasteiger partial charge is 0.321 e. The number of halogens is 2. The van der Waals surface area contributed by atoms with Crippen LogP contribution < -0.4 is 0 Å². The molecule has 0 fully saturated rings. The molecule has 0 aromatic rings. The van der Waals surface area contributed by atoms with Gasteiger partial charge in [0.1, 0.15) is 0 Å². The first-order chi connectivity index (χ1) is 12.0. The maximum absolute atomic E-state index is 12.1. The number of carboxylic acid groups (broad SMARTS) is 2. The molecular weight excluding hydrogens is 358 g/mol. The van der Waals surface area contributed by atoms with E-state index in [1.807, 2.05) is 0 Å². The molecule has 152 valence electrons. The van der Waals surface area contributed by atoms with Crippen molar-refractivity contribution in [2.24, 2.45) is 11.3 Å². The van der Waals surface area contributed by atoms with Gasteiger partial charge in [-0.3, -0.25) is 19.2 Å². The van der Waals surface area contributed by atoms with Gasteiger partial charge in [-0.05, 0) is 26.7 Å². The molecule has 0 atom stereocenters. The quantitative estimate of drug-likeness (QED) is 0.434. The summed E-state index contributed by atoms with van der Waals surface area (Å²) in [4.78, 5) is 43.4. The van der Waals surface area contributed by atoms with Crippen LogP contribution in [0.5, 0.6) is 0 Å². The van der Waals surface area contributed by atoms with E-state index in [9.17, 15) is 28.0 Å². The van der Waals surface area contributed by atoms with Gasteiger partial charge in [-0.2, -0.15) is 0 Å². The summed E-state index contributed by atoms with van der Waals surface area (Å²) in [5.74, 6) is -5.96. The predicted molar refractivity (Wildman–Crippen MR) is 85.7 cm³/mol. The SMILES string of the molecule is CCC(CC)(C(=O)O)C(=O)O.CCOC(=O)C(CC(F)F)C(=O)OCC. The third-order valence-corrected chi connectivity index (χ3v) is 3.58. The Morgan fingerprint density at radius 3 is 1.35 bits per heavy atom. The van der Waals surface area contributed by atoms with Gasteiger partial charge in [-0.1, -0.05) is 13.8 Å². The number of rotatable bonds is 10. The van der Waals surface area contributed by atoms with Gasteiger partial charge in [-0.25, -0.2) is 8.78 Å². The van der Waals surface area contributed by atoms with E-state index in [1.165, 1.54) is 13.8 Å². The zero-order valence-electron chi connectivity index (χ0n) is 15.3. The van der Waals surface area contributed by atoms with Gasteiger partial charge in [0.05, 0.1) is 13.2 Å². The average molecular weight is 384 g/mol. The minimum absolute atomic E-state index is 0.0397. The molecule has 26 heavy (non-hydrogen) atoms. The molecule has 0 spiro atoms. The third-order valence-electron chi connectivity index (χ3n) is 3.58. The predicted octanol–water partition coefficient (Wildman–Crippen LogP) is 2.35. The largest absolute Gasteiger partial charge is 0.480 e. The summed E-state index contributed by atoms with van der Waals surface area (Å²) in [6, 6.07) is 0. The van der Waals surface area contributed by atoms with Crippen LogP contribution in [0.15, 0.2) is 0 Å². The Kier molecular flexibility index (Phi) is 13.0. The second-order valence-electron chi connectivity index (χ2n) is 5.08. The summed E-state index contributed by atoms with van der Waals surface area (Å²) in [5, 5.41) is 17.2. The van der Waals surface area contributed by atoms with Gasteiger partial charge in [0.2, 0.25) is 6.43 Å². The highest BCUT2D eigenvalue weighted by atomic mass is 19.3. The number of carboxylic acids is 2. The first-order valence-corrected chi connectivity index (χ1v) is 8.12. The van der Waals surface area contributed by atoms with Crippen molar-refractivity contribution in [2.45, 2.75) is 53.4 Å². The van der Waals surface area contributed by atoms with Gasteiger partial charge in [-0.15, -0.1) is 0 Å². The molecule has 8 nitrogen and oxygen atoms in total. The zero-order chi connectivity index (χ0) is 20.9. The summed E-state index contributed by atoms with van der Waals surface area (Å²) in [6.45, 7) is 6.26. The number of hydrogen-bond acceptors (Lipinski definition) is 6. The lowest BCUT2D eigenvalue weighted by Gasteiger charge is -2.20. The van der Waals surface area contributed by atoms with Crippen molar-refractivity contribution in [3.63, 3.8) is 0 Å². The molecule has 0 aromatic heterocycles. The Morgan fingerprint density at radius 1 is 0.846 bits per heavy atom. The minimum atomic E-state index is -2.75. The molecule has 0 unspecified atom stereocenters. The Hall–Kier alpha value is -2.26. The molecule has 0 radical (unpaired) electrons. The normalized spacial score (nSPS) is 10.8. The van der Waals surface area contributed by atoms with Gasteiger partial charge < -0.3 is 19.7 Å². The lowest BCUT2D eigenvalue weighted by atomic mass is 9.83. The van der Waals surface area contributed by atoms with Crippen molar-refractivity contribution in [3.8, 4) is 0 Å². The van der Waals surface area contributed by atoms with Gasteiger partial charge >= 0.3 is 23.9 Å². The second-order valence-corrected chi connectivity index (χ2v) is 5.08. The van der Waals surface area contributed by atoms with E-state index in [0.717, 1.165) is 0 Å². The molecule has 0 saturated carbocycles. The van der Waals surface area contributed by atoms with Crippen molar-refractivity contribution in [2.75, 3.05) is 13.2 Å². The van der Waals surface area contributed by atoms with E-state index in [-0.39, 0.29) is 26.1 Å². The first kappa shape index (κ1) is 26.0. The summed E-state index contributed by atoms with van der Waals surface area (Å²) in [6.07, 6.45) is -3.37. The van der Waals surface area contributed by atoms with E-state index >= 15 is 0 Å². The maximum Gasteiger partial charge on any atom is 0.321 e. The van der Waals surface area contributed by atoms with E-state index in [2.05, 4.69) is 9.47 Å². The van der Waals surface area contributed by atoms with E-state index in [4.69, 9.17) is 10.2 Å². The van der Waals surface area contributed by atoms with E-state index in [1.54, 1.807) is 13.8 Å². The Morgan fingerprint density at radius 2 is 1.19 bits per heavy atom. The second kappa shape index (κ2) is 13.0. The Bertz CT molecular complexity index is 441. The van der Waals surface area contributed by atoms with Gasteiger partial charge in [0, 0.05) is 6.42 Å². The van der Waals surface area contributed by atoms with Gasteiger partial charge in [0.15, 0.2) is 11.3 Å². The molecule has 0 aromatic carbocycles. The van der Waals surface area contributed by atoms with E-state index in [0.29, 0.717) is 0 Å². The third kappa shape index (κ3) is 8.21. The van der Waals surface area contributed by atoms with Crippen molar-refractivity contribution in [1.82, 2.24) is 0 Å². The van der Waals surface area contributed by atoms with Crippen molar-refractivity contribution in [3.05, 3.63) is 0 Å². The van der Waals surface area contributed by atoms with Crippen LogP contribution in [0, 0.1) is 11.3 Å². The molecule has 0 aliphatic carbocycles. The molecule has 2 N–H and O–H groups in total. The first-order valence-electron chi connectivity index (χ1n) is 8.12. The minimum Gasteiger partial charge on any atom is -0.480 e. The Balaban J connectivity index is 0. The zero-order valence-corrected chi connectivity index (χ0v) is 15.3. The van der Waals surface area contributed by atoms with E-state index < -0.39 is 48.1 Å². The number of aliphatic carboxylic acids is 2. The molecule has 0 saturated heterocycles.